The predicted octanol–water partition coefficient (Wildman–Crippen LogP) is 5.16. The molecule has 0 bridgehead atoms. The average Bonchev–Trinajstić information content (AvgIpc) is 2.62. The van der Waals surface area contributed by atoms with E-state index in [2.05, 4.69) is 10.3 Å². The second-order valence-electron chi connectivity index (χ2n) is 5.56. The van der Waals surface area contributed by atoms with Crippen molar-refractivity contribution in [3.8, 4) is 0 Å². The molecule has 6 nitrogen and oxygen atoms in total. The van der Waals surface area contributed by atoms with Crippen LogP contribution in [0.15, 0.2) is 42.6 Å². The first-order chi connectivity index (χ1) is 12.9. The lowest BCUT2D eigenvalue weighted by atomic mass is 10.1. The summed E-state index contributed by atoms with van der Waals surface area (Å²) >= 11 is 12.4. The number of esters is 1. The van der Waals surface area contributed by atoms with E-state index in [0.717, 1.165) is 0 Å². The number of hydrogen-bond acceptors (Lipinski definition) is 5. The lowest BCUT2D eigenvalue weighted by molar-refractivity contribution is 0.0526. The van der Waals surface area contributed by atoms with Gasteiger partial charge >= 0.3 is 11.9 Å². The number of pyridine rings is 1. The second kappa shape index (κ2) is 7.82. The van der Waals surface area contributed by atoms with Crippen LogP contribution in [0.2, 0.25) is 10.0 Å². The van der Waals surface area contributed by atoms with Crippen molar-refractivity contribution in [2.45, 2.75) is 6.92 Å². The number of aromatic nitrogens is 1. The van der Waals surface area contributed by atoms with E-state index in [9.17, 15) is 14.7 Å². The van der Waals surface area contributed by atoms with Crippen molar-refractivity contribution in [1.29, 1.82) is 0 Å². The topological polar surface area (TPSA) is 88.5 Å². The zero-order valence-electron chi connectivity index (χ0n) is 14.1. The largest absolute Gasteiger partial charge is 0.478 e. The molecule has 0 saturated carbocycles. The molecular formula is C19H14Cl2N2O4. The van der Waals surface area contributed by atoms with E-state index in [4.69, 9.17) is 27.9 Å². The first-order valence-corrected chi connectivity index (χ1v) is 8.71. The summed E-state index contributed by atoms with van der Waals surface area (Å²) in [6, 6.07) is 9.38. The van der Waals surface area contributed by atoms with Gasteiger partial charge in [0.25, 0.3) is 0 Å². The maximum Gasteiger partial charge on any atom is 0.341 e. The van der Waals surface area contributed by atoms with Crippen molar-refractivity contribution >= 4 is 57.4 Å². The fourth-order valence-electron chi connectivity index (χ4n) is 2.60. The fourth-order valence-corrected chi connectivity index (χ4v) is 3.14. The van der Waals surface area contributed by atoms with Gasteiger partial charge in [0.2, 0.25) is 0 Å². The molecule has 8 heteroatoms. The smallest absolute Gasteiger partial charge is 0.341 e. The summed E-state index contributed by atoms with van der Waals surface area (Å²) in [5.41, 5.74) is 1.59. The summed E-state index contributed by atoms with van der Waals surface area (Å²) in [6.07, 6.45) is 1.36. The first-order valence-electron chi connectivity index (χ1n) is 7.96. The molecule has 0 spiro atoms. The third kappa shape index (κ3) is 3.97. The van der Waals surface area contributed by atoms with Gasteiger partial charge in [-0.2, -0.15) is 0 Å². The Bertz CT molecular complexity index is 1050. The zero-order valence-corrected chi connectivity index (χ0v) is 15.6. The van der Waals surface area contributed by atoms with E-state index < -0.39 is 11.9 Å². The molecule has 0 aliphatic carbocycles. The summed E-state index contributed by atoms with van der Waals surface area (Å²) in [5, 5.41) is 13.5. The number of ether oxygens (including phenoxy) is 1. The van der Waals surface area contributed by atoms with Gasteiger partial charge in [-0.3, -0.25) is 4.98 Å². The molecule has 2 aromatic carbocycles. The minimum absolute atomic E-state index is 0.104. The van der Waals surface area contributed by atoms with Gasteiger partial charge in [-0.1, -0.05) is 29.3 Å². The predicted molar refractivity (Wildman–Crippen MR) is 104 cm³/mol. The van der Waals surface area contributed by atoms with Gasteiger partial charge in [-0.25, -0.2) is 9.59 Å². The van der Waals surface area contributed by atoms with Crippen LogP contribution in [0.5, 0.6) is 0 Å². The van der Waals surface area contributed by atoms with E-state index >= 15 is 0 Å². The van der Waals surface area contributed by atoms with Crippen molar-refractivity contribution in [3.63, 3.8) is 0 Å². The maximum atomic E-state index is 12.4. The van der Waals surface area contributed by atoms with Crippen LogP contribution in [0, 0.1) is 0 Å². The molecule has 0 atom stereocenters. The molecule has 138 valence electrons. The Morgan fingerprint density at radius 3 is 2.70 bits per heavy atom. The molecule has 27 heavy (non-hydrogen) atoms. The minimum atomic E-state index is -1.06. The number of carbonyl (C=O) groups excluding carboxylic acids is 1. The molecule has 3 rings (SSSR count). The van der Waals surface area contributed by atoms with E-state index in [1.807, 2.05) is 0 Å². The Hall–Kier alpha value is -2.83. The van der Waals surface area contributed by atoms with E-state index in [-0.39, 0.29) is 17.7 Å². The van der Waals surface area contributed by atoms with E-state index in [1.54, 1.807) is 31.2 Å². The van der Waals surface area contributed by atoms with E-state index in [1.165, 1.54) is 18.3 Å². The molecule has 0 radical (unpaired) electrons. The number of carboxylic acids is 1. The van der Waals surface area contributed by atoms with Crippen LogP contribution in [0.4, 0.5) is 11.4 Å². The Labute approximate surface area is 164 Å². The molecular weight excluding hydrogens is 391 g/mol. The maximum absolute atomic E-state index is 12.4. The molecule has 2 N–H and O–H groups in total. The van der Waals surface area contributed by atoms with Crippen LogP contribution >= 0.6 is 23.2 Å². The summed E-state index contributed by atoms with van der Waals surface area (Å²) < 4.78 is 5.10. The average molecular weight is 405 g/mol. The molecule has 0 amide bonds. The van der Waals surface area contributed by atoms with Gasteiger partial charge in [0.15, 0.2) is 0 Å². The zero-order chi connectivity index (χ0) is 19.6. The Morgan fingerprint density at radius 1 is 1.22 bits per heavy atom. The highest BCUT2D eigenvalue weighted by Gasteiger charge is 2.19. The van der Waals surface area contributed by atoms with Gasteiger partial charge < -0.3 is 15.2 Å². The molecule has 0 aliphatic rings. The van der Waals surface area contributed by atoms with E-state index in [0.29, 0.717) is 32.3 Å². The van der Waals surface area contributed by atoms with Crippen molar-refractivity contribution in [1.82, 2.24) is 4.98 Å². The quantitative estimate of drug-likeness (QED) is 0.570. The van der Waals surface area contributed by atoms with Crippen LogP contribution in [-0.4, -0.2) is 28.6 Å². The van der Waals surface area contributed by atoms with Crippen molar-refractivity contribution in [3.05, 3.63) is 63.8 Å². The number of benzene rings is 2. The van der Waals surface area contributed by atoms with Crippen LogP contribution in [0.3, 0.4) is 0 Å². The van der Waals surface area contributed by atoms with Crippen LogP contribution in [-0.2, 0) is 4.74 Å². The highest BCUT2D eigenvalue weighted by atomic mass is 35.5. The van der Waals surface area contributed by atoms with Crippen molar-refractivity contribution in [2.75, 3.05) is 11.9 Å². The standard InChI is InChI=1S/C19H14Cl2N2O4/c1-2-27-19(26)14-9-22-17-13(7-11(20)8-15(17)21)16(14)23-12-5-3-4-10(6-12)18(24)25/h3-9H,2H2,1H3,(H,22,23)(H,24,25). The normalized spacial score (nSPS) is 10.6. The van der Waals surface area contributed by atoms with Gasteiger partial charge in [0.1, 0.15) is 5.56 Å². The van der Waals surface area contributed by atoms with Crippen LogP contribution < -0.4 is 5.32 Å². The highest BCUT2D eigenvalue weighted by molar-refractivity contribution is 6.38. The van der Waals surface area contributed by atoms with Gasteiger partial charge in [-0.05, 0) is 37.3 Å². The first kappa shape index (κ1) is 18.9. The SMILES string of the molecule is CCOC(=O)c1cnc2c(Cl)cc(Cl)cc2c1Nc1cccc(C(=O)O)c1. The van der Waals surface area contributed by atoms with Gasteiger partial charge in [0.05, 0.1) is 28.4 Å². The molecule has 0 aliphatic heterocycles. The number of nitrogens with zero attached hydrogens (tertiary/aromatic N) is 1. The summed E-state index contributed by atoms with van der Waals surface area (Å²) in [4.78, 5) is 27.9. The second-order valence-corrected chi connectivity index (χ2v) is 6.41. The number of carbonyl (C=O) groups is 2. The molecule has 0 unspecified atom stereocenters. The van der Waals surface area contributed by atoms with Gasteiger partial charge in [0, 0.05) is 22.3 Å². The molecule has 1 heterocycles. The van der Waals surface area contributed by atoms with Crippen molar-refractivity contribution < 1.29 is 19.4 Å². The molecule has 1 aromatic heterocycles. The monoisotopic (exact) mass is 404 g/mol. The Balaban J connectivity index is 2.21. The summed E-state index contributed by atoms with van der Waals surface area (Å²) in [6.45, 7) is 1.89. The highest BCUT2D eigenvalue weighted by Crippen LogP contribution is 2.35. The van der Waals surface area contributed by atoms with Crippen molar-refractivity contribution in [2.24, 2.45) is 0 Å². The van der Waals surface area contributed by atoms with Crippen LogP contribution in [0.25, 0.3) is 10.9 Å². The summed E-state index contributed by atoms with van der Waals surface area (Å²) in [5.74, 6) is -1.63. The number of anilines is 2. The Kier molecular flexibility index (Phi) is 5.48. The van der Waals surface area contributed by atoms with Gasteiger partial charge in [-0.15, -0.1) is 0 Å². The third-order valence-corrected chi connectivity index (χ3v) is 4.27. The molecule has 3 aromatic rings. The lowest BCUT2D eigenvalue weighted by Gasteiger charge is -2.15. The lowest BCUT2D eigenvalue weighted by Crippen LogP contribution is -2.09. The number of halogens is 2. The number of nitrogens with one attached hydrogen (secondary N) is 1. The number of carboxylic acid groups (broad SMARTS) is 1. The number of rotatable bonds is 5. The molecule has 0 fully saturated rings. The van der Waals surface area contributed by atoms with Crippen LogP contribution in [0.1, 0.15) is 27.6 Å². The number of hydrogen-bond donors (Lipinski definition) is 2. The number of fused-ring (bicyclic) bond motifs is 1. The molecule has 0 saturated heterocycles. The fraction of sp³-hybridized carbons (Fsp3) is 0.105. The number of aromatic carboxylic acids is 1. The summed E-state index contributed by atoms with van der Waals surface area (Å²) in [7, 11) is 0. The third-order valence-electron chi connectivity index (χ3n) is 3.76. The minimum Gasteiger partial charge on any atom is -0.478 e. The Morgan fingerprint density at radius 2 is 2.00 bits per heavy atom.